The number of para-hydroxylation sites is 1. The molecular weight excluding hydrogens is 452 g/mol. The van der Waals surface area contributed by atoms with Crippen molar-refractivity contribution in [1.29, 1.82) is 0 Å². The van der Waals surface area contributed by atoms with Crippen molar-refractivity contribution in [3.63, 3.8) is 0 Å². The van der Waals surface area contributed by atoms with E-state index in [-0.39, 0.29) is 17.9 Å². The SMILES string of the molecule is O=C(NC1CC1)c1ccccc1Nc1nc(Nc2ccc(N3CCCCC3=O)cc2)ncc1Cl. The second kappa shape index (κ2) is 9.69. The molecule has 0 spiro atoms. The van der Waals surface area contributed by atoms with Crippen LogP contribution in [0.3, 0.4) is 0 Å². The van der Waals surface area contributed by atoms with Gasteiger partial charge >= 0.3 is 0 Å². The first-order valence-electron chi connectivity index (χ1n) is 11.4. The summed E-state index contributed by atoms with van der Waals surface area (Å²) in [6, 6.07) is 15.1. The summed E-state index contributed by atoms with van der Waals surface area (Å²) >= 11 is 6.34. The van der Waals surface area contributed by atoms with E-state index < -0.39 is 0 Å². The van der Waals surface area contributed by atoms with Gasteiger partial charge in [0.05, 0.1) is 17.4 Å². The van der Waals surface area contributed by atoms with Crippen LogP contribution in [0.15, 0.2) is 54.7 Å². The van der Waals surface area contributed by atoms with E-state index >= 15 is 0 Å². The first-order chi connectivity index (χ1) is 16.6. The molecular formula is C25H25ClN6O2. The Morgan fingerprint density at radius 1 is 1.03 bits per heavy atom. The van der Waals surface area contributed by atoms with Crippen LogP contribution in [0.5, 0.6) is 0 Å². The molecule has 2 amide bonds. The van der Waals surface area contributed by atoms with Gasteiger partial charge in [-0.2, -0.15) is 4.98 Å². The second-order valence-corrected chi connectivity index (χ2v) is 8.89. The number of hydrogen-bond donors (Lipinski definition) is 3. The summed E-state index contributed by atoms with van der Waals surface area (Å²) in [4.78, 5) is 35.4. The van der Waals surface area contributed by atoms with Crippen LogP contribution < -0.4 is 20.9 Å². The molecule has 8 nitrogen and oxygen atoms in total. The molecule has 0 radical (unpaired) electrons. The predicted molar refractivity (Wildman–Crippen MR) is 133 cm³/mol. The zero-order valence-corrected chi connectivity index (χ0v) is 19.3. The molecule has 0 atom stereocenters. The van der Waals surface area contributed by atoms with Crippen LogP contribution in [0.4, 0.5) is 28.8 Å². The minimum atomic E-state index is -0.124. The Kier molecular flexibility index (Phi) is 6.31. The fraction of sp³-hybridized carbons (Fsp3) is 0.280. The van der Waals surface area contributed by atoms with Gasteiger partial charge in [-0.25, -0.2) is 4.98 Å². The molecule has 2 aliphatic rings. The van der Waals surface area contributed by atoms with Crippen molar-refractivity contribution in [3.8, 4) is 0 Å². The lowest BCUT2D eigenvalue weighted by molar-refractivity contribution is -0.119. The van der Waals surface area contributed by atoms with Gasteiger partial charge in [-0.15, -0.1) is 0 Å². The van der Waals surface area contributed by atoms with E-state index in [1.807, 2.05) is 47.4 Å². The topological polar surface area (TPSA) is 99.2 Å². The highest BCUT2D eigenvalue weighted by Crippen LogP contribution is 2.28. The van der Waals surface area contributed by atoms with E-state index in [4.69, 9.17) is 11.6 Å². The van der Waals surface area contributed by atoms with Crippen molar-refractivity contribution in [1.82, 2.24) is 15.3 Å². The van der Waals surface area contributed by atoms with Crippen molar-refractivity contribution < 1.29 is 9.59 Å². The van der Waals surface area contributed by atoms with Crippen molar-refractivity contribution in [2.24, 2.45) is 0 Å². The summed E-state index contributed by atoms with van der Waals surface area (Å²) in [5.74, 6) is 0.784. The maximum Gasteiger partial charge on any atom is 0.253 e. The van der Waals surface area contributed by atoms with E-state index in [2.05, 4.69) is 25.9 Å². The number of nitrogens with one attached hydrogen (secondary N) is 3. The van der Waals surface area contributed by atoms with Crippen LogP contribution in [0.25, 0.3) is 0 Å². The number of amides is 2. The molecule has 9 heteroatoms. The fourth-order valence-corrected chi connectivity index (χ4v) is 3.99. The number of rotatable bonds is 7. The summed E-state index contributed by atoms with van der Waals surface area (Å²) in [6.45, 7) is 0.751. The van der Waals surface area contributed by atoms with Crippen molar-refractivity contribution in [2.75, 3.05) is 22.1 Å². The van der Waals surface area contributed by atoms with Gasteiger partial charge in [0.25, 0.3) is 5.91 Å². The molecule has 5 rings (SSSR count). The molecule has 3 aromatic rings. The van der Waals surface area contributed by atoms with Crippen LogP contribution in [0.2, 0.25) is 5.02 Å². The number of anilines is 5. The summed E-state index contributed by atoms with van der Waals surface area (Å²) in [5.41, 5.74) is 2.81. The lowest BCUT2D eigenvalue weighted by Gasteiger charge is -2.26. The third kappa shape index (κ3) is 5.12. The lowest BCUT2D eigenvalue weighted by atomic mass is 10.1. The van der Waals surface area contributed by atoms with Crippen molar-refractivity contribution >= 4 is 52.2 Å². The van der Waals surface area contributed by atoms with Crippen LogP contribution in [-0.2, 0) is 4.79 Å². The average Bonchev–Trinajstić information content (AvgIpc) is 3.66. The van der Waals surface area contributed by atoms with E-state index in [9.17, 15) is 9.59 Å². The number of carbonyl (C=O) groups is 2. The number of halogens is 1. The number of nitrogens with zero attached hydrogens (tertiary/aromatic N) is 3. The largest absolute Gasteiger partial charge is 0.349 e. The fourth-order valence-electron chi connectivity index (χ4n) is 3.86. The quantitative estimate of drug-likeness (QED) is 0.442. The highest BCUT2D eigenvalue weighted by Gasteiger charge is 2.25. The molecule has 3 N–H and O–H groups in total. The Morgan fingerprint density at radius 2 is 1.82 bits per heavy atom. The number of aromatic nitrogens is 2. The molecule has 34 heavy (non-hydrogen) atoms. The number of benzene rings is 2. The first-order valence-corrected chi connectivity index (χ1v) is 11.8. The minimum absolute atomic E-state index is 0.124. The van der Waals surface area contributed by atoms with Gasteiger partial charge in [0, 0.05) is 30.4 Å². The highest BCUT2D eigenvalue weighted by molar-refractivity contribution is 6.33. The van der Waals surface area contributed by atoms with E-state index in [0.29, 0.717) is 34.5 Å². The molecule has 1 aliphatic heterocycles. The number of piperidine rings is 1. The van der Waals surface area contributed by atoms with E-state index in [1.54, 1.807) is 6.07 Å². The average molecular weight is 477 g/mol. The Morgan fingerprint density at radius 3 is 2.59 bits per heavy atom. The summed E-state index contributed by atoms with van der Waals surface area (Å²) in [6.07, 6.45) is 6.11. The summed E-state index contributed by atoms with van der Waals surface area (Å²) in [5, 5.41) is 9.68. The normalized spacial score (nSPS) is 15.7. The molecule has 1 saturated heterocycles. The third-order valence-electron chi connectivity index (χ3n) is 5.84. The third-order valence-corrected chi connectivity index (χ3v) is 6.12. The molecule has 174 valence electrons. The van der Waals surface area contributed by atoms with Gasteiger partial charge in [-0.05, 0) is 62.1 Å². The number of hydrogen-bond acceptors (Lipinski definition) is 6. The molecule has 1 aliphatic carbocycles. The van der Waals surface area contributed by atoms with E-state index in [1.165, 1.54) is 6.20 Å². The molecule has 0 unspecified atom stereocenters. The lowest BCUT2D eigenvalue weighted by Crippen LogP contribution is -2.35. The second-order valence-electron chi connectivity index (χ2n) is 8.48. The van der Waals surface area contributed by atoms with Gasteiger partial charge in [0.15, 0.2) is 5.82 Å². The standard InChI is InChI=1S/C25H25ClN6O2/c26-20-15-27-25(29-17-10-12-18(13-11-17)32-14-4-3-7-22(32)33)31-23(20)30-21-6-2-1-5-19(21)24(34)28-16-8-9-16/h1-2,5-6,10-13,15-16H,3-4,7-9,14H2,(H,28,34)(H2,27,29,30,31). The van der Waals surface area contributed by atoms with Gasteiger partial charge in [0.2, 0.25) is 11.9 Å². The van der Waals surface area contributed by atoms with Crippen molar-refractivity contribution in [2.45, 2.75) is 38.1 Å². The Bertz CT molecular complexity index is 1210. The summed E-state index contributed by atoms with van der Waals surface area (Å²) in [7, 11) is 0. The molecule has 1 saturated carbocycles. The Balaban J connectivity index is 1.31. The molecule has 1 aromatic heterocycles. The minimum Gasteiger partial charge on any atom is -0.349 e. The monoisotopic (exact) mass is 476 g/mol. The Hall–Kier alpha value is -3.65. The van der Waals surface area contributed by atoms with Crippen molar-refractivity contribution in [3.05, 3.63) is 65.3 Å². The predicted octanol–water partition coefficient (Wildman–Crippen LogP) is 5.03. The van der Waals surface area contributed by atoms with Gasteiger partial charge < -0.3 is 20.9 Å². The summed E-state index contributed by atoms with van der Waals surface area (Å²) < 4.78 is 0. The molecule has 0 bridgehead atoms. The van der Waals surface area contributed by atoms with Gasteiger partial charge in [-0.1, -0.05) is 23.7 Å². The van der Waals surface area contributed by atoms with Gasteiger partial charge in [-0.3, -0.25) is 9.59 Å². The maximum absolute atomic E-state index is 12.6. The number of carbonyl (C=O) groups excluding carboxylic acids is 2. The molecule has 2 aromatic carbocycles. The smallest absolute Gasteiger partial charge is 0.253 e. The van der Waals surface area contributed by atoms with Crippen LogP contribution in [-0.4, -0.2) is 34.4 Å². The maximum atomic E-state index is 12.6. The Labute approximate surface area is 202 Å². The molecule has 2 fully saturated rings. The van der Waals surface area contributed by atoms with Gasteiger partial charge in [0.1, 0.15) is 5.02 Å². The van der Waals surface area contributed by atoms with E-state index in [0.717, 1.165) is 43.6 Å². The first kappa shape index (κ1) is 22.2. The molecule has 2 heterocycles. The highest BCUT2D eigenvalue weighted by atomic mass is 35.5. The zero-order valence-electron chi connectivity index (χ0n) is 18.6. The van der Waals surface area contributed by atoms with Crippen LogP contribution >= 0.6 is 11.6 Å². The van der Waals surface area contributed by atoms with Crippen LogP contribution in [0.1, 0.15) is 42.5 Å². The zero-order chi connectivity index (χ0) is 23.5. The van der Waals surface area contributed by atoms with Crippen LogP contribution in [0, 0.1) is 0 Å².